The number of methoxy groups -OCH3 is 1. The minimum Gasteiger partial charge on any atom is -0.495 e. The van der Waals surface area contributed by atoms with Crippen molar-refractivity contribution in [2.45, 2.75) is 26.8 Å². The number of nitrogens with zero attached hydrogens (tertiary/aromatic N) is 2. The zero-order chi connectivity index (χ0) is 22.8. The fourth-order valence-corrected chi connectivity index (χ4v) is 5.30. The van der Waals surface area contributed by atoms with Crippen LogP contribution in [0.15, 0.2) is 46.8 Å². The molecule has 4 rings (SSSR count). The number of Topliss-reactive ketones (excluding diaryl/α,β-unsaturated/α-hetero) is 1. The van der Waals surface area contributed by atoms with Crippen LogP contribution in [0.1, 0.15) is 17.4 Å². The highest BCUT2D eigenvalue weighted by molar-refractivity contribution is 7.19. The monoisotopic (exact) mass is 467 g/mol. The molecule has 164 valence electrons. The standard InChI is InChI=1S/C23H21N3O4S2/c1-13(27)8-15-5-6-18(30-3)17(9-15)25-20(28)10-26-12-24-22-21(23(26)29)16(11-31-22)19-7-4-14(2)32-19/h4-7,9,11-12H,8,10H2,1-3H3,(H,25,28). The summed E-state index contributed by atoms with van der Waals surface area (Å²) in [6, 6.07) is 9.19. The molecule has 0 unspecified atom stereocenters. The van der Waals surface area contributed by atoms with Crippen molar-refractivity contribution in [2.75, 3.05) is 12.4 Å². The van der Waals surface area contributed by atoms with Crippen molar-refractivity contribution in [3.63, 3.8) is 0 Å². The van der Waals surface area contributed by atoms with Crippen molar-refractivity contribution in [2.24, 2.45) is 0 Å². The minimum atomic E-state index is -0.393. The predicted molar refractivity (Wildman–Crippen MR) is 128 cm³/mol. The number of hydrogen-bond donors (Lipinski definition) is 1. The van der Waals surface area contributed by atoms with E-state index < -0.39 is 5.91 Å². The number of fused-ring (bicyclic) bond motifs is 1. The van der Waals surface area contributed by atoms with Gasteiger partial charge in [0.05, 0.1) is 24.5 Å². The number of amides is 1. The molecule has 3 heterocycles. The Morgan fingerprint density at radius 1 is 1.22 bits per heavy atom. The molecule has 0 spiro atoms. The summed E-state index contributed by atoms with van der Waals surface area (Å²) in [5.74, 6) is 0.0981. The Morgan fingerprint density at radius 2 is 2.03 bits per heavy atom. The second-order valence-corrected chi connectivity index (χ2v) is 9.53. The molecule has 1 aromatic carbocycles. The van der Waals surface area contributed by atoms with Gasteiger partial charge in [-0.05, 0) is 43.7 Å². The van der Waals surface area contributed by atoms with Gasteiger partial charge in [-0.3, -0.25) is 19.0 Å². The van der Waals surface area contributed by atoms with Gasteiger partial charge in [0.15, 0.2) is 0 Å². The van der Waals surface area contributed by atoms with Gasteiger partial charge in [-0.2, -0.15) is 0 Å². The van der Waals surface area contributed by atoms with E-state index in [1.165, 1.54) is 36.3 Å². The molecule has 0 radical (unpaired) electrons. The number of nitrogens with one attached hydrogen (secondary N) is 1. The number of hydrogen-bond acceptors (Lipinski definition) is 7. The van der Waals surface area contributed by atoms with E-state index in [1.54, 1.807) is 29.5 Å². The first-order valence-electron chi connectivity index (χ1n) is 9.85. The van der Waals surface area contributed by atoms with Crippen LogP contribution >= 0.6 is 22.7 Å². The Kier molecular flexibility index (Phi) is 6.20. The van der Waals surface area contributed by atoms with E-state index in [9.17, 15) is 14.4 Å². The molecular formula is C23H21N3O4S2. The molecule has 0 saturated heterocycles. The average molecular weight is 468 g/mol. The Labute approximate surface area is 192 Å². The number of benzene rings is 1. The van der Waals surface area contributed by atoms with Crippen molar-refractivity contribution in [1.82, 2.24) is 9.55 Å². The summed E-state index contributed by atoms with van der Waals surface area (Å²) in [7, 11) is 1.50. The summed E-state index contributed by atoms with van der Waals surface area (Å²) in [4.78, 5) is 44.5. The van der Waals surface area contributed by atoms with Gasteiger partial charge in [-0.25, -0.2) is 4.98 Å². The van der Waals surface area contributed by atoms with Crippen LogP contribution in [-0.2, 0) is 22.6 Å². The molecular weight excluding hydrogens is 446 g/mol. The second kappa shape index (κ2) is 9.05. The van der Waals surface area contributed by atoms with Gasteiger partial charge >= 0.3 is 0 Å². The van der Waals surface area contributed by atoms with Gasteiger partial charge < -0.3 is 10.1 Å². The lowest BCUT2D eigenvalue weighted by molar-refractivity contribution is -0.117. The van der Waals surface area contributed by atoms with Gasteiger partial charge in [-0.1, -0.05) is 6.07 Å². The smallest absolute Gasteiger partial charge is 0.263 e. The van der Waals surface area contributed by atoms with Gasteiger partial charge in [0.25, 0.3) is 5.56 Å². The molecule has 3 aromatic heterocycles. The topological polar surface area (TPSA) is 90.3 Å². The summed E-state index contributed by atoms with van der Waals surface area (Å²) in [5, 5.41) is 5.24. The predicted octanol–water partition coefficient (Wildman–Crippen LogP) is 4.27. The van der Waals surface area contributed by atoms with Crippen molar-refractivity contribution in [3.8, 4) is 16.2 Å². The Hall–Kier alpha value is -3.30. The number of aryl methyl sites for hydroxylation is 1. The van der Waals surface area contributed by atoms with Crippen LogP contribution in [0, 0.1) is 6.92 Å². The highest BCUT2D eigenvalue weighted by atomic mass is 32.1. The Balaban J connectivity index is 1.61. The third-order valence-corrected chi connectivity index (χ3v) is 6.79. The summed E-state index contributed by atoms with van der Waals surface area (Å²) < 4.78 is 6.62. The number of ether oxygens (including phenoxy) is 1. The summed E-state index contributed by atoms with van der Waals surface area (Å²) in [6.45, 7) is 3.33. The van der Waals surface area contributed by atoms with Crippen LogP contribution in [-0.4, -0.2) is 28.4 Å². The van der Waals surface area contributed by atoms with Crippen molar-refractivity contribution in [3.05, 3.63) is 62.8 Å². The molecule has 1 N–H and O–H groups in total. The molecule has 0 aliphatic carbocycles. The number of ketones is 1. The van der Waals surface area contributed by atoms with Gasteiger partial charge in [0.1, 0.15) is 22.9 Å². The van der Waals surface area contributed by atoms with Crippen molar-refractivity contribution >= 4 is 50.3 Å². The number of thiophene rings is 2. The van der Waals surface area contributed by atoms with E-state index in [-0.39, 0.29) is 24.3 Å². The maximum absolute atomic E-state index is 13.2. The largest absolute Gasteiger partial charge is 0.495 e. The van der Waals surface area contributed by atoms with Crippen molar-refractivity contribution < 1.29 is 14.3 Å². The van der Waals surface area contributed by atoms with Crippen LogP contribution in [0.4, 0.5) is 5.69 Å². The van der Waals surface area contributed by atoms with E-state index in [1.807, 2.05) is 24.4 Å². The van der Waals surface area contributed by atoms with Gasteiger partial charge in [0.2, 0.25) is 5.91 Å². The SMILES string of the molecule is COc1ccc(CC(C)=O)cc1NC(=O)Cn1cnc2scc(-c3ccc(C)s3)c2c1=O. The van der Waals surface area contributed by atoms with E-state index in [0.29, 0.717) is 21.7 Å². The maximum Gasteiger partial charge on any atom is 0.263 e. The first-order chi connectivity index (χ1) is 15.4. The van der Waals surface area contributed by atoms with Gasteiger partial charge in [-0.15, -0.1) is 22.7 Å². The summed E-state index contributed by atoms with van der Waals surface area (Å²) in [6.07, 6.45) is 1.66. The molecule has 0 aliphatic heterocycles. The molecule has 1 amide bonds. The lowest BCUT2D eigenvalue weighted by Gasteiger charge is -2.12. The number of anilines is 1. The fourth-order valence-electron chi connectivity index (χ4n) is 3.44. The Morgan fingerprint density at radius 3 is 2.72 bits per heavy atom. The summed E-state index contributed by atoms with van der Waals surface area (Å²) in [5.41, 5.74) is 1.80. The Bertz CT molecular complexity index is 1380. The number of rotatable bonds is 7. The van der Waals surface area contributed by atoms with Crippen LogP contribution in [0.2, 0.25) is 0 Å². The van der Waals surface area contributed by atoms with E-state index >= 15 is 0 Å². The maximum atomic E-state index is 13.2. The lowest BCUT2D eigenvalue weighted by atomic mass is 10.1. The fraction of sp³-hybridized carbons (Fsp3) is 0.217. The molecule has 7 nitrogen and oxygen atoms in total. The summed E-state index contributed by atoms with van der Waals surface area (Å²) >= 11 is 3.02. The molecule has 0 bridgehead atoms. The lowest BCUT2D eigenvalue weighted by Crippen LogP contribution is -2.28. The molecule has 0 fully saturated rings. The third-order valence-electron chi connectivity index (χ3n) is 4.87. The number of aromatic nitrogens is 2. The van der Waals surface area contributed by atoms with Crippen LogP contribution in [0.25, 0.3) is 20.7 Å². The molecule has 9 heteroatoms. The quantitative estimate of drug-likeness (QED) is 0.438. The van der Waals surface area contributed by atoms with Crippen molar-refractivity contribution in [1.29, 1.82) is 0 Å². The number of carbonyl (C=O) groups excluding carboxylic acids is 2. The van der Waals surface area contributed by atoms with E-state index in [0.717, 1.165) is 20.9 Å². The molecule has 4 aromatic rings. The second-order valence-electron chi connectivity index (χ2n) is 7.38. The molecule has 0 saturated carbocycles. The zero-order valence-electron chi connectivity index (χ0n) is 17.8. The highest BCUT2D eigenvalue weighted by Gasteiger charge is 2.16. The van der Waals surface area contributed by atoms with Crippen LogP contribution < -0.4 is 15.6 Å². The third kappa shape index (κ3) is 4.49. The molecule has 0 atom stereocenters. The number of carbonyl (C=O) groups is 2. The first kappa shape index (κ1) is 21.9. The molecule has 0 aliphatic rings. The average Bonchev–Trinajstić information content (AvgIpc) is 3.36. The first-order valence-corrected chi connectivity index (χ1v) is 11.5. The minimum absolute atomic E-state index is 0.0193. The van der Waals surface area contributed by atoms with Crippen LogP contribution in [0.5, 0.6) is 5.75 Å². The molecule has 32 heavy (non-hydrogen) atoms. The zero-order valence-corrected chi connectivity index (χ0v) is 19.4. The van der Waals surface area contributed by atoms with Crippen LogP contribution in [0.3, 0.4) is 0 Å². The normalized spacial score (nSPS) is 11.0. The van der Waals surface area contributed by atoms with E-state index in [4.69, 9.17) is 4.74 Å². The van der Waals surface area contributed by atoms with E-state index in [2.05, 4.69) is 10.3 Å². The highest BCUT2D eigenvalue weighted by Crippen LogP contribution is 2.35. The van der Waals surface area contributed by atoms with Gasteiger partial charge in [0, 0.05) is 27.1 Å².